The van der Waals surface area contributed by atoms with E-state index in [1.54, 1.807) is 7.11 Å². The van der Waals surface area contributed by atoms with E-state index < -0.39 is 0 Å². The number of hydrogen-bond acceptors (Lipinski definition) is 3. The topological polar surface area (TPSA) is 46.1 Å². The Kier molecular flexibility index (Phi) is 7.73. The number of guanidine groups is 1. The summed E-state index contributed by atoms with van der Waals surface area (Å²) in [7, 11) is 3.56. The summed E-state index contributed by atoms with van der Waals surface area (Å²) in [6, 6.07) is 18.6. The zero-order chi connectivity index (χ0) is 19.6. The molecule has 0 radical (unpaired) electrons. The number of benzene rings is 2. The lowest BCUT2D eigenvalue weighted by Gasteiger charge is -2.22. The van der Waals surface area contributed by atoms with Crippen LogP contribution >= 0.6 is 0 Å². The first kappa shape index (κ1) is 20.2. The third kappa shape index (κ3) is 5.99. The van der Waals surface area contributed by atoms with Gasteiger partial charge in [0.25, 0.3) is 0 Å². The predicted molar refractivity (Wildman–Crippen MR) is 114 cm³/mol. The molecule has 2 aromatic rings. The highest BCUT2D eigenvalue weighted by Crippen LogP contribution is 2.17. The smallest absolute Gasteiger partial charge is 0.193 e. The van der Waals surface area contributed by atoms with Crippen LogP contribution in [-0.4, -0.2) is 51.3 Å². The molecule has 150 valence electrons. The van der Waals surface area contributed by atoms with E-state index >= 15 is 0 Å². The van der Waals surface area contributed by atoms with Gasteiger partial charge in [0.2, 0.25) is 0 Å². The summed E-state index contributed by atoms with van der Waals surface area (Å²) < 4.78 is 11.2. The Morgan fingerprint density at radius 1 is 1.14 bits per heavy atom. The number of nitrogens with zero attached hydrogens (tertiary/aromatic N) is 2. The molecule has 1 aliphatic rings. The maximum atomic E-state index is 5.93. The zero-order valence-corrected chi connectivity index (χ0v) is 16.9. The largest absolute Gasteiger partial charge is 0.497 e. The van der Waals surface area contributed by atoms with Gasteiger partial charge in [-0.05, 0) is 36.1 Å². The van der Waals surface area contributed by atoms with E-state index in [2.05, 4.69) is 51.6 Å². The highest BCUT2D eigenvalue weighted by atomic mass is 16.5. The molecule has 1 unspecified atom stereocenters. The Hall–Kier alpha value is -2.53. The van der Waals surface area contributed by atoms with E-state index in [1.165, 1.54) is 11.1 Å². The van der Waals surface area contributed by atoms with Crippen LogP contribution in [0, 0.1) is 5.92 Å². The summed E-state index contributed by atoms with van der Waals surface area (Å²) in [6.07, 6.45) is 2.08. The van der Waals surface area contributed by atoms with Gasteiger partial charge >= 0.3 is 0 Å². The van der Waals surface area contributed by atoms with Crippen LogP contribution in [-0.2, 0) is 17.8 Å². The van der Waals surface area contributed by atoms with Crippen LogP contribution in [0.15, 0.2) is 59.6 Å². The molecule has 0 aromatic heterocycles. The van der Waals surface area contributed by atoms with Crippen molar-refractivity contribution in [2.24, 2.45) is 10.9 Å². The second-order valence-electron chi connectivity index (χ2n) is 7.18. The Bertz CT molecular complexity index is 749. The summed E-state index contributed by atoms with van der Waals surface area (Å²) >= 11 is 0. The molecule has 1 heterocycles. The average molecular weight is 382 g/mol. The summed E-state index contributed by atoms with van der Waals surface area (Å²) in [5.41, 5.74) is 2.49. The monoisotopic (exact) mass is 381 g/mol. The Labute approximate surface area is 168 Å². The molecule has 2 aromatic carbocycles. The van der Waals surface area contributed by atoms with Crippen LogP contribution in [0.4, 0.5) is 0 Å². The zero-order valence-electron chi connectivity index (χ0n) is 16.9. The van der Waals surface area contributed by atoms with Gasteiger partial charge in [-0.2, -0.15) is 0 Å². The molecule has 0 aliphatic carbocycles. The molecule has 0 spiro atoms. The molecule has 0 saturated carbocycles. The SMILES string of the molecule is CN=C(NCCc1cccc(OC)c1)N1CCC(COCc2ccccc2)C1. The van der Waals surface area contributed by atoms with E-state index in [0.717, 1.165) is 50.8 Å². The molecule has 1 aliphatic heterocycles. The minimum atomic E-state index is 0.556. The van der Waals surface area contributed by atoms with E-state index in [9.17, 15) is 0 Å². The third-order valence-corrected chi connectivity index (χ3v) is 5.09. The minimum absolute atomic E-state index is 0.556. The molecule has 0 bridgehead atoms. The first-order valence-electron chi connectivity index (χ1n) is 9.98. The van der Waals surface area contributed by atoms with Gasteiger partial charge in [0.1, 0.15) is 5.75 Å². The van der Waals surface area contributed by atoms with Crippen LogP contribution in [0.3, 0.4) is 0 Å². The third-order valence-electron chi connectivity index (χ3n) is 5.09. The van der Waals surface area contributed by atoms with Crippen molar-refractivity contribution in [3.8, 4) is 5.75 Å². The van der Waals surface area contributed by atoms with Crippen molar-refractivity contribution in [3.05, 3.63) is 65.7 Å². The summed E-state index contributed by atoms with van der Waals surface area (Å²) in [4.78, 5) is 6.80. The molecule has 1 fully saturated rings. The van der Waals surface area contributed by atoms with Crippen molar-refractivity contribution in [3.63, 3.8) is 0 Å². The van der Waals surface area contributed by atoms with E-state index in [1.807, 2.05) is 25.2 Å². The summed E-state index contributed by atoms with van der Waals surface area (Å²) in [5.74, 6) is 2.44. The van der Waals surface area contributed by atoms with Crippen LogP contribution in [0.25, 0.3) is 0 Å². The van der Waals surface area contributed by atoms with Crippen LogP contribution in [0.1, 0.15) is 17.5 Å². The van der Waals surface area contributed by atoms with Crippen molar-refractivity contribution >= 4 is 5.96 Å². The molecule has 1 N–H and O–H groups in total. The lowest BCUT2D eigenvalue weighted by Crippen LogP contribution is -2.41. The maximum absolute atomic E-state index is 5.93. The Balaban J connectivity index is 1.39. The highest BCUT2D eigenvalue weighted by molar-refractivity contribution is 5.80. The molecule has 5 heteroatoms. The van der Waals surface area contributed by atoms with Crippen molar-refractivity contribution in [2.45, 2.75) is 19.4 Å². The molecular formula is C23H31N3O2. The molecule has 28 heavy (non-hydrogen) atoms. The highest BCUT2D eigenvalue weighted by Gasteiger charge is 2.24. The minimum Gasteiger partial charge on any atom is -0.497 e. The van der Waals surface area contributed by atoms with Crippen LogP contribution < -0.4 is 10.1 Å². The van der Waals surface area contributed by atoms with Gasteiger partial charge in [0.15, 0.2) is 5.96 Å². The number of aliphatic imine (C=N–C) groups is 1. The second-order valence-corrected chi connectivity index (χ2v) is 7.18. The van der Waals surface area contributed by atoms with Gasteiger partial charge in [-0.1, -0.05) is 42.5 Å². The first-order valence-corrected chi connectivity index (χ1v) is 9.98. The number of ether oxygens (including phenoxy) is 2. The first-order chi connectivity index (χ1) is 13.8. The fourth-order valence-electron chi connectivity index (χ4n) is 3.56. The van der Waals surface area contributed by atoms with Gasteiger partial charge in [0, 0.05) is 32.6 Å². The van der Waals surface area contributed by atoms with Gasteiger partial charge < -0.3 is 19.7 Å². The Morgan fingerprint density at radius 2 is 1.96 bits per heavy atom. The van der Waals surface area contributed by atoms with Gasteiger partial charge in [0.05, 0.1) is 20.3 Å². The van der Waals surface area contributed by atoms with E-state index in [4.69, 9.17) is 9.47 Å². The number of hydrogen-bond donors (Lipinski definition) is 1. The summed E-state index contributed by atoms with van der Waals surface area (Å²) in [5, 5.41) is 3.49. The van der Waals surface area contributed by atoms with Crippen molar-refractivity contribution in [1.29, 1.82) is 0 Å². The fraction of sp³-hybridized carbons (Fsp3) is 0.435. The average Bonchev–Trinajstić information content (AvgIpc) is 3.21. The number of nitrogens with one attached hydrogen (secondary N) is 1. The van der Waals surface area contributed by atoms with Crippen LogP contribution in [0.2, 0.25) is 0 Å². The number of rotatable bonds is 8. The fourth-order valence-corrected chi connectivity index (χ4v) is 3.56. The van der Waals surface area contributed by atoms with E-state index in [-0.39, 0.29) is 0 Å². The number of methoxy groups -OCH3 is 1. The van der Waals surface area contributed by atoms with Crippen molar-refractivity contribution < 1.29 is 9.47 Å². The molecule has 3 rings (SSSR count). The lowest BCUT2D eigenvalue weighted by molar-refractivity contribution is 0.0907. The van der Waals surface area contributed by atoms with Crippen molar-refractivity contribution in [2.75, 3.05) is 40.4 Å². The summed E-state index contributed by atoms with van der Waals surface area (Å²) in [6.45, 7) is 4.36. The maximum Gasteiger partial charge on any atom is 0.193 e. The van der Waals surface area contributed by atoms with Gasteiger partial charge in [-0.15, -0.1) is 0 Å². The van der Waals surface area contributed by atoms with Crippen molar-refractivity contribution in [1.82, 2.24) is 10.2 Å². The number of likely N-dealkylation sites (tertiary alicyclic amines) is 1. The second kappa shape index (κ2) is 10.7. The normalized spacial score (nSPS) is 17.0. The quantitative estimate of drug-likeness (QED) is 0.563. The van der Waals surface area contributed by atoms with Gasteiger partial charge in [-0.25, -0.2) is 0 Å². The Morgan fingerprint density at radius 3 is 2.75 bits per heavy atom. The molecule has 1 atom stereocenters. The molecular weight excluding hydrogens is 350 g/mol. The predicted octanol–water partition coefficient (Wildman–Crippen LogP) is 3.35. The molecule has 1 saturated heterocycles. The molecule has 0 amide bonds. The molecule has 5 nitrogen and oxygen atoms in total. The van der Waals surface area contributed by atoms with Crippen LogP contribution in [0.5, 0.6) is 5.75 Å². The standard InChI is InChI=1S/C23H31N3O2/c1-24-23(25-13-11-19-9-6-10-22(15-19)27-2)26-14-12-21(16-26)18-28-17-20-7-4-3-5-8-20/h3-10,15,21H,11-14,16-18H2,1-2H3,(H,24,25). The van der Waals surface area contributed by atoms with E-state index in [0.29, 0.717) is 12.5 Å². The van der Waals surface area contributed by atoms with Gasteiger partial charge in [-0.3, -0.25) is 4.99 Å². The lowest BCUT2D eigenvalue weighted by atomic mass is 10.1.